The van der Waals surface area contributed by atoms with Gasteiger partial charge in [-0.25, -0.2) is 0 Å². The van der Waals surface area contributed by atoms with Crippen LogP contribution in [0.5, 0.6) is 0 Å². The Balaban J connectivity index is -0.00000000853. The zero-order valence-corrected chi connectivity index (χ0v) is 30.9. The van der Waals surface area contributed by atoms with Crippen LogP contribution in [0, 0.1) is 0 Å². The van der Waals surface area contributed by atoms with E-state index in [1.165, 1.54) is 0 Å². The van der Waals surface area contributed by atoms with Crippen LogP contribution >= 0.6 is 0 Å². The first-order chi connectivity index (χ1) is 8.00. The van der Waals surface area contributed by atoms with Crippen molar-refractivity contribution >= 4 is 41.6 Å². The molecule has 30 heteroatoms. The summed E-state index contributed by atoms with van der Waals surface area (Å²) in [5.41, 5.74) is 0. The first-order valence-corrected chi connectivity index (χ1v) is 8.00. The van der Waals surface area contributed by atoms with E-state index in [2.05, 4.69) is 0 Å². The van der Waals surface area contributed by atoms with E-state index in [0.717, 1.165) is 0 Å². The van der Waals surface area contributed by atoms with Crippen LogP contribution in [0.15, 0.2) is 0 Å². The van der Waals surface area contributed by atoms with Crippen LogP contribution in [0.1, 0.15) is 0 Å². The molecule has 30 heavy (non-hydrogen) atoms. The maximum Gasteiger partial charge on any atom is 2.00 e. The fraction of sp³-hybridized carbons (Fsp3) is 0. The summed E-state index contributed by atoms with van der Waals surface area (Å²) in [7, 11) is -20.7. The van der Waals surface area contributed by atoms with E-state index in [9.17, 15) is 0 Å². The number of hydrogen-bond donors (Lipinski definition) is 0. The average molecular weight is 898 g/mol. The third-order valence-electron chi connectivity index (χ3n) is 0. The van der Waals surface area contributed by atoms with Crippen LogP contribution in [0.25, 0.3) is 0 Å². The van der Waals surface area contributed by atoms with Crippen molar-refractivity contribution in [2.45, 2.75) is 0 Å². The second-order valence-electron chi connectivity index (χ2n) is 1.63. The predicted octanol–water partition coefficient (Wildman–Crippen LogP) is -17.4. The molecule has 0 radical (unpaired) electrons. The van der Waals surface area contributed by atoms with Gasteiger partial charge in [-0.1, -0.05) is 0 Å². The van der Waals surface area contributed by atoms with Crippen molar-refractivity contribution in [2.75, 3.05) is 0 Å². The molecule has 184 valence electrons. The van der Waals surface area contributed by atoms with Crippen molar-refractivity contribution in [3.8, 4) is 0 Å². The van der Waals surface area contributed by atoms with Gasteiger partial charge in [0.25, 0.3) is 0 Å². The predicted molar refractivity (Wildman–Crippen MR) is 41.9 cm³/mol. The Kier molecular flexibility index (Phi) is 133. The van der Waals surface area contributed by atoms with Gasteiger partial charge in [0.05, 0.1) is 0 Å². The first kappa shape index (κ1) is 92.6. The van der Waals surface area contributed by atoms with Gasteiger partial charge in [0.15, 0.2) is 0 Å². The van der Waals surface area contributed by atoms with E-state index in [4.69, 9.17) is 70.1 Å². The van der Waals surface area contributed by atoms with Crippen molar-refractivity contribution in [3.63, 3.8) is 0 Å². The molecular formula is Cl4Ni3O16S4Zn3. The molecule has 0 aliphatic rings. The van der Waals surface area contributed by atoms with Gasteiger partial charge in [-0.05, 0) is 0 Å². The molecule has 0 aliphatic heterocycles. The molecule has 0 rings (SSSR count). The molecule has 0 heterocycles. The van der Waals surface area contributed by atoms with Crippen LogP contribution in [0.4, 0.5) is 0 Å². The summed E-state index contributed by atoms with van der Waals surface area (Å²) in [5, 5.41) is 0. The number of halogens is 4. The van der Waals surface area contributed by atoms with Gasteiger partial charge in [-0.2, -0.15) is 0 Å². The van der Waals surface area contributed by atoms with Crippen LogP contribution < -0.4 is 49.6 Å². The molecule has 0 spiro atoms. The fourth-order valence-corrected chi connectivity index (χ4v) is 0. The van der Waals surface area contributed by atoms with Gasteiger partial charge < -0.3 is 86.1 Å². The zero-order chi connectivity index (χ0) is 18.0. The Bertz CT molecular complexity index is 511. The quantitative estimate of drug-likeness (QED) is 0.124. The second kappa shape index (κ2) is 43.1. The third kappa shape index (κ3) is 1930. The normalized spacial score (nSPS) is 7.73. The summed E-state index contributed by atoms with van der Waals surface area (Å²) in [6.45, 7) is 0. The molecule has 0 unspecified atom stereocenters. The largest absolute Gasteiger partial charge is 2.00 e. The zero-order valence-electron chi connectivity index (χ0n) is 12.7. The molecule has 0 saturated heterocycles. The molecule has 0 saturated carbocycles. The Morgan fingerprint density at radius 3 is 0.300 bits per heavy atom. The maximum atomic E-state index is 8.52. The Hall–Kier alpha value is 3.99. The van der Waals surface area contributed by atoms with Crippen LogP contribution in [0.2, 0.25) is 0 Å². The summed E-state index contributed by atoms with van der Waals surface area (Å²) in [6, 6.07) is 0. The molecule has 0 aliphatic carbocycles. The summed E-state index contributed by atoms with van der Waals surface area (Å²) in [5.74, 6) is 0. The van der Waals surface area contributed by atoms with Crippen molar-refractivity contribution in [1.29, 1.82) is 0 Å². The summed E-state index contributed by atoms with van der Waals surface area (Å²) < 4.78 is 136. The van der Waals surface area contributed by atoms with Gasteiger partial charge in [0.2, 0.25) is 0 Å². The molecule has 0 aromatic heterocycles. The van der Waals surface area contributed by atoms with E-state index in [0.29, 0.717) is 0 Å². The Morgan fingerprint density at radius 1 is 0.300 bits per heavy atom. The number of rotatable bonds is 0. The molecule has 0 N–H and O–H groups in total. The summed E-state index contributed by atoms with van der Waals surface area (Å²) >= 11 is 0. The standard InChI is InChI=1S/4ClH.3Ni.4H2O4S.3Zn/c;;;;;;;4*1-5(2,3)4;;;/h4*1H;;;;4*(H2,1,2,3,4);;;/q;;;;3*+2;;;;;3*+2/p-12. The second-order valence-corrected chi connectivity index (χ2v) is 4.90. The monoisotopic (exact) mass is 889 g/mol. The Morgan fingerprint density at radius 2 is 0.300 bits per heavy atom. The van der Waals surface area contributed by atoms with Crippen molar-refractivity contribution in [1.82, 2.24) is 0 Å². The smallest absolute Gasteiger partial charge is 1.00 e. The molecule has 0 aromatic carbocycles. The van der Waals surface area contributed by atoms with E-state index in [-0.39, 0.29) is 158 Å². The fourth-order valence-electron chi connectivity index (χ4n) is 0. The van der Waals surface area contributed by atoms with Gasteiger partial charge >= 0.3 is 108 Å². The molecule has 0 atom stereocenters. The van der Waals surface area contributed by atoms with E-state index < -0.39 is 41.6 Å². The summed E-state index contributed by atoms with van der Waals surface area (Å²) in [6.07, 6.45) is 0. The average Bonchev–Trinajstić information content (AvgIpc) is 1.62. The van der Waals surface area contributed by atoms with Gasteiger partial charge in [0.1, 0.15) is 0 Å². The van der Waals surface area contributed by atoms with E-state index in [1.807, 2.05) is 0 Å². The SMILES string of the molecule is O=S(=O)([O-])[O-].O=S(=O)([O-])[O-].O=S(=O)([O-])[O-].O=S(=O)([O-])[O-].[Cl-].[Cl-].[Cl-].[Cl-].[Ni+2].[Ni+2].[Ni+2].[Zn+2].[Zn+2].[Zn+2]. The van der Waals surface area contributed by atoms with Crippen LogP contribution in [0.3, 0.4) is 0 Å². The molecule has 16 nitrogen and oxygen atoms in total. The van der Waals surface area contributed by atoms with Crippen molar-refractivity contribution in [3.05, 3.63) is 0 Å². The summed E-state index contributed by atoms with van der Waals surface area (Å²) in [4.78, 5) is 0. The maximum absolute atomic E-state index is 8.52. The van der Waals surface area contributed by atoms with E-state index >= 15 is 0 Å². The minimum absolute atomic E-state index is 0. The molecular weight excluding hydrogens is 898 g/mol. The molecule has 0 bridgehead atoms. The Labute approximate surface area is 265 Å². The molecule has 0 aromatic rings. The van der Waals surface area contributed by atoms with Gasteiger partial charge in [0, 0.05) is 41.6 Å². The minimum Gasteiger partial charge on any atom is -1.00 e. The number of hydrogen-bond acceptors (Lipinski definition) is 16. The van der Waals surface area contributed by atoms with Crippen LogP contribution in [-0.4, -0.2) is 70.1 Å². The van der Waals surface area contributed by atoms with Crippen LogP contribution in [-0.2, 0) is 150 Å². The van der Waals surface area contributed by atoms with Gasteiger partial charge in [-0.3, -0.25) is 33.7 Å². The molecule has 0 fully saturated rings. The van der Waals surface area contributed by atoms with Crippen molar-refractivity contribution < 1.29 is 228 Å². The topological polar surface area (TPSA) is 321 Å². The first-order valence-electron chi connectivity index (χ1n) is 2.67. The van der Waals surface area contributed by atoms with Gasteiger partial charge in [-0.15, -0.1) is 0 Å². The van der Waals surface area contributed by atoms with E-state index in [1.54, 1.807) is 0 Å². The third-order valence-corrected chi connectivity index (χ3v) is 0. The molecule has 0 amide bonds. The van der Waals surface area contributed by atoms with Crippen molar-refractivity contribution in [2.24, 2.45) is 0 Å². The minimum atomic E-state index is -5.17.